The molecule has 1 heterocycles. The molecule has 0 bridgehead atoms. The molecule has 2 N–H and O–H groups in total. The summed E-state index contributed by atoms with van der Waals surface area (Å²) in [6.45, 7) is 1.67. The van der Waals surface area contributed by atoms with Gasteiger partial charge in [0.25, 0.3) is 0 Å². The van der Waals surface area contributed by atoms with Gasteiger partial charge in [-0.05, 0) is 25.2 Å². The normalized spacial score (nSPS) is 16.7. The van der Waals surface area contributed by atoms with Crippen molar-refractivity contribution < 1.29 is 19.8 Å². The molecule has 0 atom stereocenters. The number of likely N-dealkylation sites (N-methyl/N-ethyl adjacent to an activating group) is 1. The molecule has 1 rings (SSSR count). The van der Waals surface area contributed by atoms with E-state index in [-0.39, 0.29) is 19.1 Å². The Morgan fingerprint density at radius 1 is 1.33 bits per heavy atom. The number of piperidine rings is 1. The van der Waals surface area contributed by atoms with E-state index < -0.39 is 5.97 Å². The molecule has 0 aromatic heterocycles. The van der Waals surface area contributed by atoms with E-state index in [1.807, 2.05) is 0 Å². The summed E-state index contributed by atoms with van der Waals surface area (Å²) in [6.07, 6.45) is 2.64. The van der Waals surface area contributed by atoms with Crippen LogP contribution in [0, 0.1) is 5.92 Å². The van der Waals surface area contributed by atoms with Crippen LogP contribution in [0.5, 0.6) is 0 Å². The number of hydrogen-bond donors (Lipinski definition) is 2. The van der Waals surface area contributed by atoms with Crippen molar-refractivity contribution >= 4 is 12.0 Å². The summed E-state index contributed by atoms with van der Waals surface area (Å²) in [5.41, 5.74) is 0. The zero-order chi connectivity index (χ0) is 13.5. The maximum absolute atomic E-state index is 11.9. The number of likely N-dealkylation sites (tertiary alicyclic amines) is 1. The third-order valence-electron chi connectivity index (χ3n) is 3.41. The Morgan fingerprint density at radius 3 is 2.44 bits per heavy atom. The number of amides is 2. The van der Waals surface area contributed by atoms with Crippen molar-refractivity contribution in [3.05, 3.63) is 0 Å². The second-order valence-corrected chi connectivity index (χ2v) is 4.79. The van der Waals surface area contributed by atoms with Crippen LogP contribution in [0.3, 0.4) is 0 Å². The van der Waals surface area contributed by atoms with E-state index in [9.17, 15) is 9.59 Å². The lowest BCUT2D eigenvalue weighted by Crippen LogP contribution is -2.46. The summed E-state index contributed by atoms with van der Waals surface area (Å²) < 4.78 is 0. The number of carbonyl (C=O) groups excluding carboxylic acids is 1. The molecular formula is C12H22N2O4. The minimum absolute atomic E-state index is 0.0304. The van der Waals surface area contributed by atoms with Crippen molar-refractivity contribution in [3.63, 3.8) is 0 Å². The van der Waals surface area contributed by atoms with Crippen molar-refractivity contribution in [1.82, 2.24) is 9.80 Å². The van der Waals surface area contributed by atoms with E-state index in [4.69, 9.17) is 10.2 Å². The predicted octanol–water partition coefficient (Wildman–Crippen LogP) is 0.607. The minimum Gasteiger partial charge on any atom is -0.481 e. The summed E-state index contributed by atoms with van der Waals surface area (Å²) in [5, 5.41) is 17.4. The quantitative estimate of drug-likeness (QED) is 0.757. The van der Waals surface area contributed by atoms with E-state index in [2.05, 4.69) is 0 Å². The van der Waals surface area contributed by atoms with Crippen LogP contribution in [-0.2, 0) is 4.79 Å². The lowest BCUT2D eigenvalue weighted by atomic mass is 9.92. The van der Waals surface area contributed by atoms with Gasteiger partial charge in [0.2, 0.25) is 0 Å². The molecule has 0 aromatic carbocycles. The molecule has 0 radical (unpaired) electrons. The molecule has 1 saturated heterocycles. The monoisotopic (exact) mass is 258 g/mol. The molecule has 18 heavy (non-hydrogen) atoms. The molecule has 6 nitrogen and oxygen atoms in total. The van der Waals surface area contributed by atoms with Crippen molar-refractivity contribution in [1.29, 1.82) is 0 Å². The standard InChI is InChI=1S/C12H22N2O4/c1-13(8-9-15)12(18)14-6-4-10(5-7-14)2-3-11(16)17/h10,15H,2-9H2,1H3,(H,16,17). The Labute approximate surface area is 107 Å². The maximum Gasteiger partial charge on any atom is 0.319 e. The van der Waals surface area contributed by atoms with Gasteiger partial charge in [0.15, 0.2) is 0 Å². The van der Waals surface area contributed by atoms with Crippen LogP contribution in [0.1, 0.15) is 25.7 Å². The lowest BCUT2D eigenvalue weighted by molar-refractivity contribution is -0.137. The third kappa shape index (κ3) is 4.52. The van der Waals surface area contributed by atoms with Crippen LogP contribution < -0.4 is 0 Å². The molecular weight excluding hydrogens is 236 g/mol. The second kappa shape index (κ2) is 7.20. The van der Waals surface area contributed by atoms with Gasteiger partial charge in [0, 0.05) is 33.1 Å². The van der Waals surface area contributed by atoms with Crippen LogP contribution in [0.4, 0.5) is 4.79 Å². The van der Waals surface area contributed by atoms with E-state index in [1.54, 1.807) is 11.9 Å². The Bertz CT molecular complexity index is 288. The molecule has 2 amide bonds. The van der Waals surface area contributed by atoms with Gasteiger partial charge in [-0.3, -0.25) is 4.79 Å². The number of carbonyl (C=O) groups is 2. The number of carboxylic acids is 1. The average Bonchev–Trinajstić information content (AvgIpc) is 2.36. The first-order valence-electron chi connectivity index (χ1n) is 6.37. The van der Waals surface area contributed by atoms with Crippen LogP contribution >= 0.6 is 0 Å². The zero-order valence-corrected chi connectivity index (χ0v) is 10.8. The van der Waals surface area contributed by atoms with Gasteiger partial charge in [-0.25, -0.2) is 4.79 Å². The van der Waals surface area contributed by atoms with E-state index >= 15 is 0 Å². The molecule has 1 aliphatic heterocycles. The maximum atomic E-state index is 11.9. The minimum atomic E-state index is -0.754. The second-order valence-electron chi connectivity index (χ2n) is 4.79. The molecule has 104 valence electrons. The number of aliphatic hydroxyl groups excluding tert-OH is 1. The Hall–Kier alpha value is -1.30. The Balaban J connectivity index is 2.30. The fourth-order valence-corrected chi connectivity index (χ4v) is 2.23. The van der Waals surface area contributed by atoms with E-state index in [1.165, 1.54) is 4.90 Å². The molecule has 1 fully saturated rings. The van der Waals surface area contributed by atoms with Gasteiger partial charge in [-0.2, -0.15) is 0 Å². The number of aliphatic carboxylic acids is 1. The molecule has 1 aliphatic rings. The number of hydrogen-bond acceptors (Lipinski definition) is 3. The first-order valence-corrected chi connectivity index (χ1v) is 6.37. The van der Waals surface area contributed by atoms with E-state index in [0.717, 1.165) is 12.8 Å². The van der Waals surface area contributed by atoms with Crippen LogP contribution in [0.2, 0.25) is 0 Å². The molecule has 0 spiro atoms. The molecule has 0 saturated carbocycles. The van der Waals surface area contributed by atoms with Gasteiger partial charge in [0.1, 0.15) is 0 Å². The molecule has 0 unspecified atom stereocenters. The van der Waals surface area contributed by atoms with Crippen molar-refractivity contribution in [2.75, 3.05) is 33.3 Å². The highest BCUT2D eigenvalue weighted by Gasteiger charge is 2.24. The Kier molecular flexibility index (Phi) is 5.91. The van der Waals surface area contributed by atoms with Gasteiger partial charge < -0.3 is 20.0 Å². The highest BCUT2D eigenvalue weighted by Crippen LogP contribution is 2.22. The number of carboxylic acid groups (broad SMARTS) is 1. The molecule has 0 aliphatic carbocycles. The first kappa shape index (κ1) is 14.8. The van der Waals surface area contributed by atoms with Gasteiger partial charge >= 0.3 is 12.0 Å². The SMILES string of the molecule is CN(CCO)C(=O)N1CCC(CCC(=O)O)CC1. The lowest BCUT2D eigenvalue weighted by Gasteiger charge is -2.34. The first-order chi connectivity index (χ1) is 8.54. The van der Waals surface area contributed by atoms with E-state index in [0.29, 0.717) is 32.0 Å². The summed E-state index contributed by atoms with van der Waals surface area (Å²) in [6, 6.07) is -0.0549. The highest BCUT2D eigenvalue weighted by atomic mass is 16.4. The largest absolute Gasteiger partial charge is 0.481 e. The summed E-state index contributed by atoms with van der Waals surface area (Å²) in [7, 11) is 1.68. The third-order valence-corrected chi connectivity index (χ3v) is 3.41. The predicted molar refractivity (Wildman–Crippen MR) is 66.3 cm³/mol. The molecule has 0 aromatic rings. The average molecular weight is 258 g/mol. The smallest absolute Gasteiger partial charge is 0.319 e. The summed E-state index contributed by atoms with van der Waals surface area (Å²) >= 11 is 0. The van der Waals surface area contributed by atoms with Crippen LogP contribution in [-0.4, -0.2) is 65.3 Å². The number of aliphatic hydroxyl groups is 1. The van der Waals surface area contributed by atoms with Crippen LogP contribution in [0.25, 0.3) is 0 Å². The van der Waals surface area contributed by atoms with Gasteiger partial charge in [-0.15, -0.1) is 0 Å². The van der Waals surface area contributed by atoms with Crippen molar-refractivity contribution in [3.8, 4) is 0 Å². The zero-order valence-electron chi connectivity index (χ0n) is 10.8. The summed E-state index contributed by atoms with van der Waals surface area (Å²) in [5.74, 6) is -0.343. The topological polar surface area (TPSA) is 81.1 Å². The van der Waals surface area contributed by atoms with Gasteiger partial charge in [-0.1, -0.05) is 0 Å². The fourth-order valence-electron chi connectivity index (χ4n) is 2.23. The van der Waals surface area contributed by atoms with Crippen molar-refractivity contribution in [2.45, 2.75) is 25.7 Å². The van der Waals surface area contributed by atoms with Gasteiger partial charge in [0.05, 0.1) is 6.61 Å². The van der Waals surface area contributed by atoms with Crippen molar-refractivity contribution in [2.24, 2.45) is 5.92 Å². The number of nitrogens with zero attached hydrogens (tertiary/aromatic N) is 2. The summed E-state index contributed by atoms with van der Waals surface area (Å²) in [4.78, 5) is 25.7. The fraction of sp³-hybridized carbons (Fsp3) is 0.833. The Morgan fingerprint density at radius 2 is 1.94 bits per heavy atom. The highest BCUT2D eigenvalue weighted by molar-refractivity contribution is 5.74. The number of rotatable bonds is 5. The van der Waals surface area contributed by atoms with Crippen LogP contribution in [0.15, 0.2) is 0 Å². The molecule has 6 heteroatoms. The number of urea groups is 1.